The summed E-state index contributed by atoms with van der Waals surface area (Å²) < 4.78 is 7.40. The van der Waals surface area contributed by atoms with Crippen LogP contribution in [0.3, 0.4) is 0 Å². The smallest absolute Gasteiger partial charge is 0.256 e. The maximum atomic E-state index is 12.9. The lowest BCUT2D eigenvalue weighted by Gasteiger charge is -2.17. The van der Waals surface area contributed by atoms with E-state index in [9.17, 15) is 9.90 Å². The Kier molecular flexibility index (Phi) is 3.85. The van der Waals surface area contributed by atoms with Crippen LogP contribution >= 0.6 is 0 Å². The summed E-state index contributed by atoms with van der Waals surface area (Å²) >= 11 is 0. The average molecular weight is 338 g/mol. The van der Waals surface area contributed by atoms with Gasteiger partial charge in [0.25, 0.3) is 5.91 Å². The number of aliphatic hydroxyl groups excluding tert-OH is 1. The van der Waals surface area contributed by atoms with Crippen LogP contribution in [0.1, 0.15) is 10.4 Å². The van der Waals surface area contributed by atoms with Gasteiger partial charge in [0.1, 0.15) is 12.2 Å². The van der Waals surface area contributed by atoms with Gasteiger partial charge in [-0.2, -0.15) is 5.10 Å². The normalized spacial score (nSPS) is 20.2. The van der Waals surface area contributed by atoms with Crippen LogP contribution in [0.15, 0.2) is 49.1 Å². The summed E-state index contributed by atoms with van der Waals surface area (Å²) in [6, 6.07) is 7.63. The number of β-amino-alcohol motifs (C(OH)–C–C–N with tert-alkyl or cyclic N) is 1. The maximum Gasteiger partial charge on any atom is 0.256 e. The molecule has 7 heteroatoms. The van der Waals surface area contributed by atoms with Gasteiger partial charge in [-0.1, -0.05) is 24.3 Å². The largest absolute Gasteiger partial charge is 0.482 e. The lowest BCUT2D eigenvalue weighted by molar-refractivity contribution is 0.0729. The molecular weight excluding hydrogens is 320 g/mol. The van der Waals surface area contributed by atoms with E-state index in [1.165, 1.54) is 0 Å². The number of carbonyl (C=O) groups excluding carboxylic acids is 1. The van der Waals surface area contributed by atoms with Crippen molar-refractivity contribution >= 4 is 16.7 Å². The minimum absolute atomic E-state index is 0.152. The maximum absolute atomic E-state index is 12.9. The monoisotopic (exact) mass is 338 g/mol. The number of likely N-dealkylation sites (tertiary alicyclic amines) is 1. The summed E-state index contributed by atoms with van der Waals surface area (Å²) in [5, 5.41) is 16.1. The molecule has 128 valence electrons. The highest BCUT2D eigenvalue weighted by Gasteiger charge is 2.36. The van der Waals surface area contributed by atoms with Crippen molar-refractivity contribution in [1.29, 1.82) is 0 Å². The van der Waals surface area contributed by atoms with Gasteiger partial charge < -0.3 is 14.7 Å². The minimum Gasteiger partial charge on any atom is -0.482 e. The molecule has 1 aromatic carbocycles. The molecule has 4 rings (SSSR count). The summed E-state index contributed by atoms with van der Waals surface area (Å²) in [6.45, 7) is 0.547. The zero-order valence-electron chi connectivity index (χ0n) is 13.7. The Bertz CT molecular complexity index is 918. The molecule has 1 aliphatic rings. The van der Waals surface area contributed by atoms with Crippen LogP contribution in [0.5, 0.6) is 5.75 Å². The summed E-state index contributed by atoms with van der Waals surface area (Å²) in [5.41, 5.74) is 0.535. The zero-order valence-corrected chi connectivity index (χ0v) is 13.7. The Balaban J connectivity index is 1.55. The summed E-state index contributed by atoms with van der Waals surface area (Å²) in [5.74, 6) is 0.424. The van der Waals surface area contributed by atoms with Gasteiger partial charge in [-0.05, 0) is 5.39 Å². The molecule has 1 aliphatic heterocycles. The molecule has 1 amide bonds. The number of aryl methyl sites for hydroxylation is 1. The van der Waals surface area contributed by atoms with Gasteiger partial charge >= 0.3 is 0 Å². The van der Waals surface area contributed by atoms with Gasteiger partial charge in [0.05, 0.1) is 31.0 Å². The molecule has 0 saturated carbocycles. The molecule has 7 nitrogen and oxygen atoms in total. The fraction of sp³-hybridized carbons (Fsp3) is 0.278. The van der Waals surface area contributed by atoms with E-state index >= 15 is 0 Å². The molecule has 3 heterocycles. The van der Waals surface area contributed by atoms with E-state index in [1.807, 2.05) is 24.3 Å². The van der Waals surface area contributed by atoms with Crippen LogP contribution in [-0.4, -0.2) is 56.0 Å². The number of pyridine rings is 1. The van der Waals surface area contributed by atoms with E-state index in [0.29, 0.717) is 17.9 Å². The third-order valence-electron chi connectivity index (χ3n) is 4.39. The van der Waals surface area contributed by atoms with Gasteiger partial charge in [-0.3, -0.25) is 14.5 Å². The zero-order chi connectivity index (χ0) is 17.4. The van der Waals surface area contributed by atoms with E-state index in [0.717, 1.165) is 10.8 Å². The van der Waals surface area contributed by atoms with E-state index in [4.69, 9.17) is 4.74 Å². The number of carbonyl (C=O) groups is 1. The fourth-order valence-electron chi connectivity index (χ4n) is 3.13. The van der Waals surface area contributed by atoms with Gasteiger partial charge in [-0.15, -0.1) is 0 Å². The number of amides is 1. The Labute approximate surface area is 144 Å². The Morgan fingerprint density at radius 1 is 1.24 bits per heavy atom. The van der Waals surface area contributed by atoms with Crippen LogP contribution in [0.2, 0.25) is 0 Å². The topological polar surface area (TPSA) is 80.5 Å². The number of aromatic nitrogens is 3. The number of hydrogen-bond donors (Lipinski definition) is 1. The summed E-state index contributed by atoms with van der Waals surface area (Å²) in [7, 11) is 1.79. The van der Waals surface area contributed by atoms with Crippen molar-refractivity contribution in [2.75, 3.05) is 13.1 Å². The van der Waals surface area contributed by atoms with Crippen molar-refractivity contribution in [3.05, 3.63) is 54.6 Å². The summed E-state index contributed by atoms with van der Waals surface area (Å²) in [4.78, 5) is 18.7. The van der Waals surface area contributed by atoms with Crippen molar-refractivity contribution in [2.24, 2.45) is 7.05 Å². The van der Waals surface area contributed by atoms with Gasteiger partial charge in [-0.25, -0.2) is 0 Å². The van der Waals surface area contributed by atoms with Crippen molar-refractivity contribution in [2.45, 2.75) is 12.2 Å². The van der Waals surface area contributed by atoms with E-state index in [-0.39, 0.29) is 12.5 Å². The highest BCUT2D eigenvalue weighted by molar-refractivity contribution is 6.06. The molecule has 0 radical (unpaired) electrons. The second-order valence-electron chi connectivity index (χ2n) is 6.19. The van der Waals surface area contributed by atoms with Crippen molar-refractivity contribution in [1.82, 2.24) is 19.7 Å². The first kappa shape index (κ1) is 15.6. The molecular formula is C18H18N4O3. The predicted molar refractivity (Wildman–Crippen MR) is 91.3 cm³/mol. The van der Waals surface area contributed by atoms with Crippen LogP contribution in [0.4, 0.5) is 0 Å². The predicted octanol–water partition coefficient (Wildman–Crippen LogP) is 1.23. The van der Waals surface area contributed by atoms with Gasteiger partial charge in [0.2, 0.25) is 0 Å². The molecule has 0 aliphatic carbocycles. The summed E-state index contributed by atoms with van der Waals surface area (Å²) in [6.07, 6.45) is 5.41. The lowest BCUT2D eigenvalue weighted by atomic mass is 10.1. The van der Waals surface area contributed by atoms with Crippen molar-refractivity contribution in [3.63, 3.8) is 0 Å². The van der Waals surface area contributed by atoms with Crippen LogP contribution in [0.25, 0.3) is 10.8 Å². The molecule has 0 unspecified atom stereocenters. The Hall–Kier alpha value is -2.93. The third-order valence-corrected chi connectivity index (χ3v) is 4.39. The fourth-order valence-corrected chi connectivity index (χ4v) is 3.13. The lowest BCUT2D eigenvalue weighted by Crippen LogP contribution is -2.31. The van der Waals surface area contributed by atoms with E-state index < -0.39 is 12.2 Å². The number of aliphatic hydroxyl groups is 1. The molecule has 25 heavy (non-hydrogen) atoms. The highest BCUT2D eigenvalue weighted by atomic mass is 16.5. The number of nitrogens with zero attached hydrogens (tertiary/aromatic N) is 4. The molecule has 1 saturated heterocycles. The SMILES string of the molecule is Cn1cc(O[C@@H]2CN(C(=O)c3cncc4ccccc34)C[C@H]2O)cn1. The minimum atomic E-state index is -0.743. The van der Waals surface area contributed by atoms with Crippen molar-refractivity contribution in [3.8, 4) is 5.75 Å². The van der Waals surface area contributed by atoms with Gasteiger partial charge in [0, 0.05) is 24.8 Å². The molecule has 0 bridgehead atoms. The number of fused-ring (bicyclic) bond motifs is 1. The quantitative estimate of drug-likeness (QED) is 0.777. The standard InChI is InChI=1S/C18H18N4O3/c1-21-9-13(7-20-21)25-17-11-22(10-16(17)23)18(24)15-8-19-6-12-4-2-3-5-14(12)15/h2-9,16-17,23H,10-11H2,1H3/t16-,17-/m1/s1. The molecule has 1 N–H and O–H groups in total. The Morgan fingerprint density at radius 3 is 2.88 bits per heavy atom. The first-order chi connectivity index (χ1) is 12.1. The van der Waals surface area contributed by atoms with Gasteiger partial charge in [0.15, 0.2) is 5.75 Å². The number of rotatable bonds is 3. The molecule has 2 aromatic heterocycles. The second kappa shape index (κ2) is 6.18. The average Bonchev–Trinajstić information content (AvgIpc) is 3.20. The first-order valence-electron chi connectivity index (χ1n) is 8.07. The van der Waals surface area contributed by atoms with E-state index in [1.54, 1.807) is 41.4 Å². The molecule has 2 atom stereocenters. The number of ether oxygens (including phenoxy) is 1. The Morgan fingerprint density at radius 2 is 2.08 bits per heavy atom. The van der Waals surface area contributed by atoms with Crippen LogP contribution in [-0.2, 0) is 7.05 Å². The molecule has 0 spiro atoms. The van der Waals surface area contributed by atoms with E-state index in [2.05, 4.69) is 10.1 Å². The van der Waals surface area contributed by atoms with Crippen LogP contribution < -0.4 is 4.74 Å². The number of benzene rings is 1. The third kappa shape index (κ3) is 2.94. The first-order valence-corrected chi connectivity index (χ1v) is 8.07. The van der Waals surface area contributed by atoms with Crippen molar-refractivity contribution < 1.29 is 14.6 Å². The second-order valence-corrected chi connectivity index (χ2v) is 6.19. The molecule has 1 fully saturated rings. The molecule has 3 aromatic rings. The van der Waals surface area contributed by atoms with Crippen LogP contribution in [0, 0.1) is 0 Å². The highest BCUT2D eigenvalue weighted by Crippen LogP contribution is 2.23. The number of hydrogen-bond acceptors (Lipinski definition) is 5.